The summed E-state index contributed by atoms with van der Waals surface area (Å²) in [5.41, 5.74) is 3.67. The Morgan fingerprint density at radius 3 is 2.36 bits per heavy atom. The Balaban J connectivity index is 1.65. The van der Waals surface area contributed by atoms with Gasteiger partial charge in [0.1, 0.15) is 11.1 Å². The number of alkyl halides is 8. The van der Waals surface area contributed by atoms with Crippen LogP contribution in [-0.2, 0) is 24.6 Å². The summed E-state index contributed by atoms with van der Waals surface area (Å²) in [6, 6.07) is 3.66. The molecule has 1 aliphatic rings. The summed E-state index contributed by atoms with van der Waals surface area (Å²) < 4.78 is 113. The molecule has 1 fully saturated rings. The second-order valence-electron chi connectivity index (χ2n) is 10.4. The maximum Gasteiger partial charge on any atom is 0.418 e. The lowest BCUT2D eigenvalue weighted by Crippen LogP contribution is -2.40. The molecule has 45 heavy (non-hydrogen) atoms. The number of carbonyl (C=O) groups excluding carboxylic acids is 2. The van der Waals surface area contributed by atoms with E-state index in [0.717, 1.165) is 18.2 Å². The van der Waals surface area contributed by atoms with Crippen LogP contribution in [0.25, 0.3) is 11.2 Å². The van der Waals surface area contributed by atoms with Gasteiger partial charge in [0.05, 0.1) is 23.7 Å². The van der Waals surface area contributed by atoms with Crippen molar-refractivity contribution < 1.29 is 49.4 Å². The molecule has 0 spiro atoms. The van der Waals surface area contributed by atoms with Crippen molar-refractivity contribution in [3.63, 3.8) is 0 Å². The fraction of sp³-hybridized carbons (Fsp3) is 0.481. The lowest BCUT2D eigenvalue weighted by Gasteiger charge is -2.30. The fourth-order valence-electron chi connectivity index (χ4n) is 4.90. The van der Waals surface area contributed by atoms with Gasteiger partial charge in [0.15, 0.2) is 12.3 Å². The van der Waals surface area contributed by atoms with Crippen LogP contribution in [-0.4, -0.2) is 58.1 Å². The van der Waals surface area contributed by atoms with Gasteiger partial charge in [-0.1, -0.05) is 6.07 Å². The smallest absolute Gasteiger partial charge is 0.418 e. The predicted octanol–water partition coefficient (Wildman–Crippen LogP) is 4.80. The molecule has 1 aromatic carbocycles. The summed E-state index contributed by atoms with van der Waals surface area (Å²) in [5.74, 6) is -3.56. The highest BCUT2D eigenvalue weighted by molar-refractivity contribution is 5.99. The third-order valence-corrected chi connectivity index (χ3v) is 7.24. The first-order valence-corrected chi connectivity index (χ1v) is 13.7. The van der Waals surface area contributed by atoms with Gasteiger partial charge in [0.2, 0.25) is 17.7 Å². The topological polar surface area (TPSA) is 136 Å². The normalized spacial score (nSPS) is 17.4. The van der Waals surface area contributed by atoms with Crippen LogP contribution >= 0.6 is 0 Å². The summed E-state index contributed by atoms with van der Waals surface area (Å²) in [6.45, 7) is -1.57. The maximum atomic E-state index is 13.8. The van der Waals surface area contributed by atoms with Gasteiger partial charge in [-0.25, -0.2) is 13.8 Å². The number of nitrogens with one attached hydrogen (secondary N) is 3. The van der Waals surface area contributed by atoms with Gasteiger partial charge in [0.25, 0.3) is 12.3 Å². The van der Waals surface area contributed by atoms with Crippen LogP contribution in [0.5, 0.6) is 5.88 Å². The molecule has 2 amide bonds. The molecule has 5 N–H and O–H groups in total. The molecule has 0 atom stereocenters. The number of pyridine rings is 1. The second kappa shape index (κ2) is 13.4. The number of hydrogen-bond donors (Lipinski definition) is 4. The van der Waals surface area contributed by atoms with E-state index in [1.807, 2.05) is 0 Å². The van der Waals surface area contributed by atoms with Crippen LogP contribution in [0.4, 0.5) is 46.8 Å². The van der Waals surface area contributed by atoms with Gasteiger partial charge < -0.3 is 26.4 Å². The number of hydrogen-bond acceptors (Lipinski definition) is 7. The average Bonchev–Trinajstić information content (AvgIpc) is 3.27. The Labute approximate surface area is 250 Å². The van der Waals surface area contributed by atoms with Gasteiger partial charge in [-0.3, -0.25) is 14.2 Å². The molecule has 0 aliphatic heterocycles. The molecule has 1 saturated carbocycles. The van der Waals surface area contributed by atoms with Crippen molar-refractivity contribution in [2.75, 3.05) is 18.5 Å². The Morgan fingerprint density at radius 2 is 1.76 bits per heavy atom. The molecule has 1 aliphatic carbocycles. The number of nitrogens with zero attached hydrogens (tertiary/aromatic N) is 3. The van der Waals surface area contributed by atoms with E-state index in [2.05, 4.69) is 25.9 Å². The van der Waals surface area contributed by atoms with E-state index in [9.17, 15) is 44.7 Å². The monoisotopic (exact) mass is 651 g/mol. The minimum atomic E-state index is -4.79. The zero-order chi connectivity index (χ0) is 33.1. The van der Waals surface area contributed by atoms with E-state index >= 15 is 0 Å². The van der Waals surface area contributed by atoms with Crippen molar-refractivity contribution in [1.82, 2.24) is 25.2 Å². The number of anilines is 2. The summed E-state index contributed by atoms with van der Waals surface area (Å²) in [5, 5.41) is 7.62. The molecule has 0 radical (unpaired) electrons. The third kappa shape index (κ3) is 8.29. The third-order valence-electron chi connectivity index (χ3n) is 7.24. The first-order chi connectivity index (χ1) is 21.1. The zero-order valence-electron chi connectivity index (χ0n) is 23.7. The summed E-state index contributed by atoms with van der Waals surface area (Å²) in [6.07, 6.45) is -12.4. The van der Waals surface area contributed by atoms with Gasteiger partial charge in [-0.05, 0) is 49.4 Å². The molecular weight excluding hydrogens is 622 g/mol. The van der Waals surface area contributed by atoms with E-state index in [4.69, 9.17) is 10.5 Å². The van der Waals surface area contributed by atoms with Gasteiger partial charge in [-0.15, -0.1) is 0 Å². The van der Waals surface area contributed by atoms with E-state index in [0.29, 0.717) is 5.56 Å². The number of nitrogens with two attached hydrogens (primary N) is 1. The highest BCUT2D eigenvalue weighted by Gasteiger charge is 2.41. The van der Waals surface area contributed by atoms with E-state index in [1.165, 1.54) is 17.7 Å². The van der Waals surface area contributed by atoms with Crippen LogP contribution in [0.2, 0.25) is 0 Å². The van der Waals surface area contributed by atoms with Gasteiger partial charge in [0, 0.05) is 19.6 Å². The number of aromatic nitrogens is 3. The van der Waals surface area contributed by atoms with Crippen molar-refractivity contribution in [3.8, 4) is 5.88 Å². The molecule has 3 aromatic rings. The van der Waals surface area contributed by atoms with Crippen molar-refractivity contribution >= 4 is 34.6 Å². The van der Waals surface area contributed by atoms with Crippen LogP contribution in [0.3, 0.4) is 0 Å². The Morgan fingerprint density at radius 1 is 1.07 bits per heavy atom. The Kier molecular flexibility index (Phi) is 10.0. The molecule has 0 bridgehead atoms. The van der Waals surface area contributed by atoms with Crippen molar-refractivity contribution in [1.29, 1.82) is 0 Å². The van der Waals surface area contributed by atoms with Gasteiger partial charge in [-0.2, -0.15) is 31.3 Å². The lowest BCUT2D eigenvalue weighted by molar-refractivity contribution is -0.182. The molecule has 0 unspecified atom stereocenters. The molecule has 18 heteroatoms. The number of ether oxygens (including phenoxy) is 1. The van der Waals surface area contributed by atoms with Crippen LogP contribution in [0.15, 0.2) is 24.3 Å². The number of benzene rings is 1. The largest absolute Gasteiger partial charge is 0.471 e. The minimum Gasteiger partial charge on any atom is -0.471 e. The number of aryl methyl sites for hydroxylation is 1. The summed E-state index contributed by atoms with van der Waals surface area (Å²) in [7, 11) is 1.37. The standard InChI is InChI=1S/C27H29F8N7O3/c1-42-22-19(40-25(42)39-18-8-13(11-37-21(43)10-36)2-7-17(18)27(33,34)35)9-16(24(41-22)45-12-20(28)29)23(44)38-15-5-3-14(4-6-15)26(30,31)32/h2,7-9,14-15,20H,3-6,10-12,36H2,1H3,(H,37,43)(H,38,44)(H,39,40). The van der Waals surface area contributed by atoms with Crippen molar-refractivity contribution in [2.45, 2.75) is 57.0 Å². The van der Waals surface area contributed by atoms with E-state index < -0.39 is 66.3 Å². The van der Waals surface area contributed by atoms with Crippen LogP contribution < -0.4 is 26.4 Å². The fourth-order valence-corrected chi connectivity index (χ4v) is 4.90. The Hall–Kier alpha value is -4.22. The average molecular weight is 652 g/mol. The summed E-state index contributed by atoms with van der Waals surface area (Å²) in [4.78, 5) is 33.0. The van der Waals surface area contributed by atoms with E-state index in [1.54, 1.807) is 0 Å². The molecular formula is C27H29F8N7O3. The molecule has 10 nitrogen and oxygen atoms in total. The number of fused-ring (bicyclic) bond motifs is 1. The van der Waals surface area contributed by atoms with Crippen LogP contribution in [0, 0.1) is 5.92 Å². The number of amides is 2. The molecule has 0 saturated heterocycles. The number of imidazole rings is 1. The van der Waals surface area contributed by atoms with Crippen LogP contribution in [0.1, 0.15) is 47.2 Å². The molecule has 2 aromatic heterocycles. The lowest BCUT2D eigenvalue weighted by atomic mass is 9.85. The minimum absolute atomic E-state index is 0.0183. The van der Waals surface area contributed by atoms with Crippen molar-refractivity contribution in [3.05, 3.63) is 41.0 Å². The number of halogens is 8. The van der Waals surface area contributed by atoms with Gasteiger partial charge >= 0.3 is 12.4 Å². The van der Waals surface area contributed by atoms with Crippen molar-refractivity contribution in [2.24, 2.45) is 18.7 Å². The summed E-state index contributed by atoms with van der Waals surface area (Å²) >= 11 is 0. The number of carbonyl (C=O) groups is 2. The molecule has 4 rings (SSSR count). The highest BCUT2D eigenvalue weighted by atomic mass is 19.4. The highest BCUT2D eigenvalue weighted by Crippen LogP contribution is 2.39. The zero-order valence-corrected chi connectivity index (χ0v) is 23.7. The first kappa shape index (κ1) is 33.7. The number of rotatable bonds is 10. The Bertz CT molecular complexity index is 1530. The molecule has 2 heterocycles. The first-order valence-electron chi connectivity index (χ1n) is 13.7. The quantitative estimate of drug-likeness (QED) is 0.231. The second-order valence-corrected chi connectivity index (χ2v) is 10.4. The SMILES string of the molecule is Cn1c(Nc2cc(CNC(=O)CN)ccc2C(F)(F)F)nc2cc(C(=O)NC3CCC(C(F)(F)F)CC3)c(OCC(F)F)nc21. The predicted molar refractivity (Wildman–Crippen MR) is 145 cm³/mol. The molecule has 246 valence electrons. The van der Waals surface area contributed by atoms with E-state index in [-0.39, 0.29) is 61.4 Å². The maximum absolute atomic E-state index is 13.8.